The van der Waals surface area contributed by atoms with Gasteiger partial charge in [0.2, 0.25) is 0 Å². The SMILES string of the molecule is CC(C)CCCC(C)[C@H]1CCC2C3CCC4C[C@@H](O[C@H]5OC(CN=O)[C@@H](O)C(N=O)C5C)CC[C@]4(C)C3CC[C@@]21C. The summed E-state index contributed by atoms with van der Waals surface area (Å²) >= 11 is 0. The Morgan fingerprint density at radius 1 is 0.951 bits per heavy atom. The van der Waals surface area contributed by atoms with Gasteiger partial charge in [0.15, 0.2) is 6.29 Å². The molecule has 0 aromatic rings. The van der Waals surface area contributed by atoms with Crippen LogP contribution in [0, 0.1) is 68.0 Å². The quantitative estimate of drug-likeness (QED) is 0.210. The van der Waals surface area contributed by atoms with Crippen molar-refractivity contribution in [2.24, 2.45) is 68.5 Å². The molecule has 0 spiro atoms. The Kier molecular flexibility index (Phi) is 9.68. The van der Waals surface area contributed by atoms with Crippen LogP contribution >= 0.6 is 0 Å². The van der Waals surface area contributed by atoms with Gasteiger partial charge >= 0.3 is 0 Å². The molecule has 14 atom stereocenters. The molecule has 0 radical (unpaired) electrons. The average molecular weight is 575 g/mol. The van der Waals surface area contributed by atoms with E-state index in [0.29, 0.717) is 16.7 Å². The van der Waals surface area contributed by atoms with E-state index in [9.17, 15) is 14.9 Å². The lowest BCUT2D eigenvalue weighted by molar-refractivity contribution is -0.273. The smallest absolute Gasteiger partial charge is 0.163 e. The van der Waals surface area contributed by atoms with Crippen LogP contribution in [-0.2, 0) is 9.47 Å². The van der Waals surface area contributed by atoms with Crippen LogP contribution in [0.4, 0.5) is 0 Å². The maximum atomic E-state index is 11.5. The predicted octanol–water partition coefficient (Wildman–Crippen LogP) is 8.12. The molecule has 7 nitrogen and oxygen atoms in total. The van der Waals surface area contributed by atoms with Crippen LogP contribution < -0.4 is 0 Å². The largest absolute Gasteiger partial charge is 0.388 e. The molecule has 1 aliphatic heterocycles. The van der Waals surface area contributed by atoms with Gasteiger partial charge in [-0.2, -0.15) is 9.81 Å². The molecule has 1 N–H and O–H groups in total. The van der Waals surface area contributed by atoms with Gasteiger partial charge in [0, 0.05) is 5.92 Å². The second kappa shape index (κ2) is 12.6. The Labute approximate surface area is 248 Å². The summed E-state index contributed by atoms with van der Waals surface area (Å²) in [5.74, 6) is 5.43. The minimum Gasteiger partial charge on any atom is -0.388 e. The van der Waals surface area contributed by atoms with Gasteiger partial charge < -0.3 is 14.6 Å². The molecular weight excluding hydrogens is 516 g/mol. The average Bonchev–Trinajstić information content (AvgIpc) is 3.29. The topological polar surface area (TPSA) is 97.6 Å². The van der Waals surface area contributed by atoms with E-state index in [0.717, 1.165) is 48.3 Å². The highest BCUT2D eigenvalue weighted by atomic mass is 16.7. The number of nitroso groups, excluding NO2 is 2. The van der Waals surface area contributed by atoms with Crippen molar-refractivity contribution in [1.82, 2.24) is 0 Å². The number of fused-ring (bicyclic) bond motifs is 5. The first kappa shape index (κ1) is 31.5. The second-order valence-electron chi connectivity index (χ2n) is 16.0. The predicted molar refractivity (Wildman–Crippen MR) is 162 cm³/mol. The molecule has 5 fully saturated rings. The molecule has 5 rings (SSSR count). The van der Waals surface area contributed by atoms with Crippen molar-refractivity contribution in [2.45, 2.75) is 149 Å². The molecule has 0 aromatic heterocycles. The maximum Gasteiger partial charge on any atom is 0.163 e. The second-order valence-corrected chi connectivity index (χ2v) is 16.0. The third-order valence-electron chi connectivity index (χ3n) is 13.5. The Morgan fingerprint density at radius 3 is 2.39 bits per heavy atom. The minimum absolute atomic E-state index is 0.0702. The van der Waals surface area contributed by atoms with Gasteiger partial charge in [-0.15, -0.1) is 0 Å². The highest BCUT2D eigenvalue weighted by Crippen LogP contribution is 2.68. The summed E-state index contributed by atoms with van der Waals surface area (Å²) in [6, 6.07) is -0.852. The van der Waals surface area contributed by atoms with Gasteiger partial charge in [-0.1, -0.05) is 71.2 Å². The highest BCUT2D eigenvalue weighted by Gasteiger charge is 2.61. The van der Waals surface area contributed by atoms with Crippen molar-refractivity contribution in [1.29, 1.82) is 0 Å². The van der Waals surface area contributed by atoms with Crippen molar-refractivity contribution in [3.8, 4) is 0 Å². The monoisotopic (exact) mass is 574 g/mol. The third-order valence-corrected chi connectivity index (χ3v) is 13.5. The molecule has 1 heterocycles. The van der Waals surface area contributed by atoms with Crippen LogP contribution in [0.5, 0.6) is 0 Å². The number of rotatable bonds is 10. The molecule has 0 aromatic carbocycles. The standard InChI is InChI=1S/C34H58N2O5/c1-20(2)8-7-9-21(3)26-12-13-27-25-11-10-23-18-24(14-16-33(23,5)28(25)15-17-34(26,27)6)40-32-22(4)30(36-39)31(37)29(41-32)19-35-38/h20-32,37H,7-19H2,1-6H3/t21?,22?,23?,24-,25?,26+,27?,28?,29?,30?,31+,32-,33-,34+/m0/s1. The molecular formula is C34H58N2O5. The van der Waals surface area contributed by atoms with Crippen LogP contribution in [0.3, 0.4) is 0 Å². The van der Waals surface area contributed by atoms with Crippen LogP contribution in [-0.4, -0.2) is 42.3 Å². The van der Waals surface area contributed by atoms with Crippen LogP contribution in [0.15, 0.2) is 10.4 Å². The number of hydrogen-bond acceptors (Lipinski definition) is 7. The summed E-state index contributed by atoms with van der Waals surface area (Å²) in [6.07, 6.45) is 13.1. The first-order chi connectivity index (χ1) is 19.5. The van der Waals surface area contributed by atoms with Gasteiger partial charge in [-0.05, 0) is 110 Å². The summed E-state index contributed by atoms with van der Waals surface area (Å²) in [5.41, 5.74) is 0.897. The normalized spacial score (nSPS) is 48.6. The van der Waals surface area contributed by atoms with Gasteiger partial charge in [0.25, 0.3) is 0 Å². The van der Waals surface area contributed by atoms with Crippen molar-refractivity contribution >= 4 is 0 Å². The van der Waals surface area contributed by atoms with Crippen molar-refractivity contribution in [3.05, 3.63) is 9.81 Å². The fraction of sp³-hybridized carbons (Fsp3) is 1.00. The zero-order chi connectivity index (χ0) is 29.5. The minimum atomic E-state index is -1.12. The molecule has 8 unspecified atom stereocenters. The Bertz CT molecular complexity index is 916. The lowest BCUT2D eigenvalue weighted by Gasteiger charge is -2.61. The van der Waals surface area contributed by atoms with E-state index < -0.39 is 24.5 Å². The molecule has 1 saturated heterocycles. The van der Waals surface area contributed by atoms with Crippen LogP contribution in [0.2, 0.25) is 0 Å². The van der Waals surface area contributed by atoms with Crippen LogP contribution in [0.1, 0.15) is 119 Å². The van der Waals surface area contributed by atoms with Crippen molar-refractivity contribution in [3.63, 3.8) is 0 Å². The summed E-state index contributed by atoms with van der Waals surface area (Å²) in [5, 5.41) is 16.6. The molecule has 0 bridgehead atoms. The molecule has 5 aliphatic rings. The number of ether oxygens (including phenoxy) is 2. The number of nitrogens with zero attached hydrogens (tertiary/aromatic N) is 2. The first-order valence-electron chi connectivity index (χ1n) is 17.1. The fourth-order valence-electron chi connectivity index (χ4n) is 11.2. The fourth-order valence-corrected chi connectivity index (χ4v) is 11.2. The van der Waals surface area contributed by atoms with Gasteiger partial charge in [0.05, 0.1) is 6.10 Å². The Morgan fingerprint density at radius 2 is 1.68 bits per heavy atom. The van der Waals surface area contributed by atoms with E-state index in [4.69, 9.17) is 9.47 Å². The van der Waals surface area contributed by atoms with E-state index in [1.165, 1.54) is 64.2 Å². The van der Waals surface area contributed by atoms with Crippen molar-refractivity contribution < 1.29 is 14.6 Å². The molecule has 0 amide bonds. The van der Waals surface area contributed by atoms with Crippen LogP contribution in [0.25, 0.3) is 0 Å². The van der Waals surface area contributed by atoms with E-state index in [1.54, 1.807) is 0 Å². The zero-order valence-corrected chi connectivity index (χ0v) is 26.7. The molecule has 234 valence electrons. The summed E-state index contributed by atoms with van der Waals surface area (Å²) in [6.45, 7) is 14.2. The number of hydrogen-bond donors (Lipinski definition) is 1. The summed E-state index contributed by atoms with van der Waals surface area (Å²) in [7, 11) is 0. The summed E-state index contributed by atoms with van der Waals surface area (Å²) < 4.78 is 12.5. The molecule has 4 aliphatic carbocycles. The van der Waals surface area contributed by atoms with E-state index >= 15 is 0 Å². The number of aliphatic hydroxyl groups excluding tert-OH is 1. The van der Waals surface area contributed by atoms with Gasteiger partial charge in [-0.3, -0.25) is 0 Å². The lowest BCUT2D eigenvalue weighted by Crippen LogP contribution is -2.56. The zero-order valence-electron chi connectivity index (χ0n) is 26.7. The molecule has 41 heavy (non-hydrogen) atoms. The maximum absolute atomic E-state index is 11.5. The Hall–Kier alpha value is -0.920. The first-order valence-corrected chi connectivity index (χ1v) is 17.1. The van der Waals surface area contributed by atoms with E-state index in [2.05, 4.69) is 45.0 Å². The highest BCUT2D eigenvalue weighted by molar-refractivity contribution is 5.10. The van der Waals surface area contributed by atoms with E-state index in [-0.39, 0.29) is 18.6 Å². The molecule has 4 saturated carbocycles. The third kappa shape index (κ3) is 5.82. The van der Waals surface area contributed by atoms with Gasteiger partial charge in [-0.25, -0.2) is 0 Å². The lowest BCUT2D eigenvalue weighted by atomic mass is 9.44. The van der Waals surface area contributed by atoms with E-state index in [1.807, 2.05) is 6.92 Å². The Balaban J connectivity index is 1.21. The molecule has 7 heteroatoms. The van der Waals surface area contributed by atoms with Gasteiger partial charge in [0.1, 0.15) is 24.8 Å². The summed E-state index contributed by atoms with van der Waals surface area (Å²) in [4.78, 5) is 22.4. The number of aliphatic hydroxyl groups is 1. The van der Waals surface area contributed by atoms with Crippen molar-refractivity contribution in [2.75, 3.05) is 6.54 Å².